The zero-order chi connectivity index (χ0) is 15.1. The first-order chi connectivity index (χ1) is 8.52. The van der Waals surface area contributed by atoms with E-state index in [2.05, 4.69) is 4.74 Å². The highest BCUT2D eigenvalue weighted by Gasteiger charge is 2.82. The predicted octanol–water partition coefficient (Wildman–Crippen LogP) is 3.28. The van der Waals surface area contributed by atoms with E-state index in [0.29, 0.717) is 0 Å². The number of hydrogen-bond acceptors (Lipinski definition) is 5. The van der Waals surface area contributed by atoms with E-state index in [1.807, 2.05) is 0 Å². The molecule has 1 aliphatic carbocycles. The van der Waals surface area contributed by atoms with E-state index in [0.717, 1.165) is 0 Å². The van der Waals surface area contributed by atoms with Gasteiger partial charge in [0.2, 0.25) is 5.41 Å². The monoisotopic (exact) mass is 296 g/mol. The Morgan fingerprint density at radius 1 is 1.21 bits per heavy atom. The normalized spacial score (nSPS) is 30.8. The summed E-state index contributed by atoms with van der Waals surface area (Å²) in [6.07, 6.45) is -1.16. The number of methoxy groups -OCH3 is 1. The van der Waals surface area contributed by atoms with Crippen LogP contribution in [0, 0.1) is 5.41 Å². The van der Waals surface area contributed by atoms with Crippen LogP contribution in [0.25, 0.3) is 0 Å². The molecule has 2 atom stereocenters. The quantitative estimate of drug-likeness (QED) is 0.556. The summed E-state index contributed by atoms with van der Waals surface area (Å²) < 4.78 is 42.7. The molecular formula is C12H22FO5P. The number of rotatable bonds is 6. The van der Waals surface area contributed by atoms with Gasteiger partial charge in [-0.05, 0) is 34.6 Å². The van der Waals surface area contributed by atoms with Crippen molar-refractivity contribution in [3.8, 4) is 0 Å². The molecule has 0 aromatic carbocycles. The molecule has 7 heteroatoms. The molecule has 112 valence electrons. The largest absolute Gasteiger partial charge is 0.468 e. The summed E-state index contributed by atoms with van der Waals surface area (Å²) in [6, 6.07) is 0. The Labute approximate surface area is 113 Å². The molecule has 0 amide bonds. The average molecular weight is 296 g/mol. The molecule has 0 aromatic rings. The number of ether oxygens (including phenoxy) is 1. The first-order valence-corrected chi connectivity index (χ1v) is 7.81. The van der Waals surface area contributed by atoms with Gasteiger partial charge in [0.15, 0.2) is 0 Å². The summed E-state index contributed by atoms with van der Waals surface area (Å²) >= 11 is 0. The van der Waals surface area contributed by atoms with Crippen LogP contribution < -0.4 is 0 Å². The fraction of sp³-hybridized carbons (Fsp3) is 0.917. The lowest BCUT2D eigenvalue weighted by Crippen LogP contribution is -2.27. The number of hydrogen-bond donors (Lipinski definition) is 0. The van der Waals surface area contributed by atoms with Crippen molar-refractivity contribution in [3.63, 3.8) is 0 Å². The third kappa shape index (κ3) is 2.71. The van der Waals surface area contributed by atoms with Gasteiger partial charge in [-0.15, -0.1) is 0 Å². The second-order valence-corrected chi connectivity index (χ2v) is 7.69. The Morgan fingerprint density at radius 3 is 1.95 bits per heavy atom. The molecule has 0 heterocycles. The highest BCUT2D eigenvalue weighted by atomic mass is 31.2. The van der Waals surface area contributed by atoms with E-state index in [1.165, 1.54) is 14.0 Å². The van der Waals surface area contributed by atoms with Gasteiger partial charge in [0.25, 0.3) is 0 Å². The summed E-state index contributed by atoms with van der Waals surface area (Å²) in [5.74, 6) is -0.741. The molecule has 1 aliphatic rings. The van der Waals surface area contributed by atoms with Crippen LogP contribution in [0.4, 0.5) is 4.39 Å². The summed E-state index contributed by atoms with van der Waals surface area (Å²) in [5, 5.41) is -2.32. The van der Waals surface area contributed by atoms with Crippen molar-refractivity contribution in [2.24, 2.45) is 5.41 Å². The molecule has 5 nitrogen and oxygen atoms in total. The highest BCUT2D eigenvalue weighted by Crippen LogP contribution is 2.81. The topological polar surface area (TPSA) is 61.8 Å². The summed E-state index contributed by atoms with van der Waals surface area (Å²) in [6.45, 7) is 7.92. The Balaban J connectivity index is 3.08. The van der Waals surface area contributed by atoms with Crippen molar-refractivity contribution in [3.05, 3.63) is 0 Å². The molecule has 0 unspecified atom stereocenters. The molecule has 19 heavy (non-hydrogen) atoms. The minimum atomic E-state index is -4.06. The van der Waals surface area contributed by atoms with Gasteiger partial charge in [-0.25, -0.2) is 4.39 Å². The van der Waals surface area contributed by atoms with Gasteiger partial charge in [0.05, 0.1) is 19.3 Å². The fourth-order valence-corrected chi connectivity index (χ4v) is 4.72. The lowest BCUT2D eigenvalue weighted by atomic mass is 10.1. The first kappa shape index (κ1) is 16.6. The van der Waals surface area contributed by atoms with E-state index < -0.39 is 36.6 Å². The summed E-state index contributed by atoms with van der Waals surface area (Å²) in [4.78, 5) is 11.6. The zero-order valence-corrected chi connectivity index (χ0v) is 13.1. The van der Waals surface area contributed by atoms with Crippen LogP contribution in [0.2, 0.25) is 0 Å². The van der Waals surface area contributed by atoms with Crippen LogP contribution in [0.3, 0.4) is 0 Å². The molecule has 0 spiro atoms. The van der Waals surface area contributed by atoms with Crippen molar-refractivity contribution in [1.82, 2.24) is 0 Å². The second kappa shape index (κ2) is 5.15. The maximum atomic E-state index is 14.9. The predicted molar refractivity (Wildman–Crippen MR) is 68.6 cm³/mol. The van der Waals surface area contributed by atoms with Gasteiger partial charge in [-0.1, -0.05) is 0 Å². The van der Waals surface area contributed by atoms with Gasteiger partial charge < -0.3 is 13.8 Å². The van der Waals surface area contributed by atoms with E-state index in [1.54, 1.807) is 27.7 Å². The molecule has 1 saturated carbocycles. The number of carbonyl (C=O) groups is 1. The minimum absolute atomic E-state index is 0.219. The van der Waals surface area contributed by atoms with E-state index in [-0.39, 0.29) is 6.42 Å². The standard InChI is InChI=1S/C12H22FO5P/c1-8(2)17-19(15,18-9(3)4)12(13)7-11(12,5)10(14)16-6/h8-9H,7H2,1-6H3/t11-,12+/m0/s1. The lowest BCUT2D eigenvalue weighted by Gasteiger charge is -2.27. The Bertz CT molecular complexity index is 397. The molecule has 1 fully saturated rings. The molecular weight excluding hydrogens is 274 g/mol. The second-order valence-electron chi connectivity index (χ2n) is 5.57. The zero-order valence-electron chi connectivity index (χ0n) is 12.2. The first-order valence-electron chi connectivity index (χ1n) is 6.26. The van der Waals surface area contributed by atoms with Gasteiger partial charge >= 0.3 is 13.6 Å². The smallest absolute Gasteiger partial charge is 0.369 e. The van der Waals surface area contributed by atoms with Crippen molar-refractivity contribution < 1.29 is 27.5 Å². The Morgan fingerprint density at radius 2 is 1.63 bits per heavy atom. The van der Waals surface area contributed by atoms with E-state index in [4.69, 9.17) is 9.05 Å². The van der Waals surface area contributed by atoms with Crippen molar-refractivity contribution in [2.45, 2.75) is 58.7 Å². The highest BCUT2D eigenvalue weighted by molar-refractivity contribution is 7.56. The number of alkyl halides is 1. The molecule has 0 aliphatic heterocycles. The lowest BCUT2D eigenvalue weighted by molar-refractivity contribution is -0.147. The molecule has 0 saturated heterocycles. The molecule has 0 aromatic heterocycles. The SMILES string of the molecule is COC(=O)[C@]1(C)C[C@@]1(F)P(=O)(OC(C)C)OC(C)C. The number of halogens is 1. The minimum Gasteiger partial charge on any atom is -0.468 e. The summed E-state index contributed by atoms with van der Waals surface area (Å²) in [7, 11) is -2.89. The van der Waals surface area contributed by atoms with Crippen LogP contribution in [0.5, 0.6) is 0 Å². The Kier molecular flexibility index (Phi) is 4.50. The maximum Gasteiger partial charge on any atom is 0.369 e. The molecule has 1 rings (SSSR count). The Hall–Kier alpha value is -0.450. The van der Waals surface area contributed by atoms with E-state index >= 15 is 0 Å². The van der Waals surface area contributed by atoms with Crippen molar-refractivity contribution in [2.75, 3.05) is 7.11 Å². The number of esters is 1. The van der Waals surface area contributed by atoms with Gasteiger partial charge in [0, 0.05) is 6.42 Å². The third-order valence-electron chi connectivity index (χ3n) is 3.08. The molecule has 0 bridgehead atoms. The fourth-order valence-electron chi connectivity index (χ4n) is 2.02. The van der Waals surface area contributed by atoms with Gasteiger partial charge in [-0.2, -0.15) is 0 Å². The van der Waals surface area contributed by atoms with Crippen molar-refractivity contribution in [1.29, 1.82) is 0 Å². The van der Waals surface area contributed by atoms with Crippen LogP contribution in [0.1, 0.15) is 41.0 Å². The molecule has 0 radical (unpaired) electrons. The van der Waals surface area contributed by atoms with Gasteiger partial charge in [0.1, 0.15) is 5.41 Å². The van der Waals surface area contributed by atoms with Gasteiger partial charge in [-0.3, -0.25) is 9.36 Å². The van der Waals surface area contributed by atoms with Crippen LogP contribution in [0.15, 0.2) is 0 Å². The van der Waals surface area contributed by atoms with Crippen LogP contribution in [-0.2, 0) is 23.1 Å². The molecule has 0 N–H and O–H groups in total. The van der Waals surface area contributed by atoms with Crippen LogP contribution >= 0.6 is 7.60 Å². The van der Waals surface area contributed by atoms with Crippen LogP contribution in [-0.4, -0.2) is 30.7 Å². The maximum absolute atomic E-state index is 14.9. The summed E-state index contributed by atoms with van der Waals surface area (Å²) in [5.41, 5.74) is -1.47. The third-order valence-corrected chi connectivity index (χ3v) is 6.00. The average Bonchev–Trinajstić information content (AvgIpc) is 2.81. The van der Waals surface area contributed by atoms with E-state index in [9.17, 15) is 13.8 Å². The number of carbonyl (C=O) groups excluding carboxylic acids is 1. The van der Waals surface area contributed by atoms with Crippen molar-refractivity contribution >= 4 is 13.6 Å².